The summed E-state index contributed by atoms with van der Waals surface area (Å²) in [6.45, 7) is 11.5. The highest BCUT2D eigenvalue weighted by atomic mass is 16.4. The topological polar surface area (TPSA) is 12.5 Å². The first kappa shape index (κ1) is 16.6. The molecule has 2 atom stereocenters. The fourth-order valence-corrected chi connectivity index (χ4v) is 5.48. The first-order valence-electron chi connectivity index (χ1n) is 9.30. The summed E-state index contributed by atoms with van der Waals surface area (Å²) in [5.41, 5.74) is 2.38. The third-order valence-corrected chi connectivity index (χ3v) is 6.55. The minimum Gasteiger partial charge on any atom is -0.438 e. The van der Waals surface area contributed by atoms with E-state index in [2.05, 4.69) is 38.7 Å². The van der Waals surface area contributed by atoms with Gasteiger partial charge in [-0.25, -0.2) is 0 Å². The Labute approximate surface area is 137 Å². The molecule has 0 aromatic rings. The lowest BCUT2D eigenvalue weighted by Crippen LogP contribution is -2.59. The van der Waals surface area contributed by atoms with E-state index in [4.69, 9.17) is 4.65 Å². The molecule has 2 bridgehead atoms. The lowest BCUT2D eigenvalue weighted by atomic mass is 9.48. The molecule has 2 unspecified atom stereocenters. The molecule has 0 spiro atoms. The van der Waals surface area contributed by atoms with Crippen LogP contribution in [0.3, 0.4) is 0 Å². The third-order valence-electron chi connectivity index (χ3n) is 6.55. The van der Waals surface area contributed by atoms with E-state index in [0.29, 0.717) is 18.0 Å². The third kappa shape index (κ3) is 3.31. The van der Waals surface area contributed by atoms with Crippen molar-refractivity contribution in [2.75, 3.05) is 13.7 Å². The SMILES string of the molecule is COB1CC2C=C(CN3C(C)(C)CCCC3(C)C)CC(C1)C2. The van der Waals surface area contributed by atoms with Crippen molar-refractivity contribution in [3.8, 4) is 0 Å². The molecule has 1 aliphatic carbocycles. The molecule has 2 aliphatic heterocycles. The van der Waals surface area contributed by atoms with E-state index in [0.717, 1.165) is 11.8 Å². The number of piperidine rings is 1. The van der Waals surface area contributed by atoms with E-state index in [1.165, 1.54) is 51.3 Å². The van der Waals surface area contributed by atoms with Gasteiger partial charge in [0.05, 0.1) is 0 Å². The van der Waals surface area contributed by atoms with Crippen LogP contribution < -0.4 is 0 Å². The fourth-order valence-electron chi connectivity index (χ4n) is 5.48. The zero-order valence-corrected chi connectivity index (χ0v) is 15.3. The Morgan fingerprint density at radius 2 is 1.86 bits per heavy atom. The van der Waals surface area contributed by atoms with Crippen molar-refractivity contribution >= 4 is 6.92 Å². The summed E-state index contributed by atoms with van der Waals surface area (Å²) in [7, 11) is 1.88. The summed E-state index contributed by atoms with van der Waals surface area (Å²) >= 11 is 0. The van der Waals surface area contributed by atoms with Crippen molar-refractivity contribution < 1.29 is 4.65 Å². The van der Waals surface area contributed by atoms with Gasteiger partial charge in [0, 0.05) is 24.7 Å². The lowest BCUT2D eigenvalue weighted by Gasteiger charge is -2.54. The monoisotopic (exact) mass is 303 g/mol. The summed E-state index contributed by atoms with van der Waals surface area (Å²) in [6, 6.07) is 0. The van der Waals surface area contributed by atoms with Crippen LogP contribution in [0.25, 0.3) is 0 Å². The zero-order chi connectivity index (χ0) is 16.0. The van der Waals surface area contributed by atoms with E-state index >= 15 is 0 Å². The smallest absolute Gasteiger partial charge is 0.293 e. The highest BCUT2D eigenvalue weighted by Crippen LogP contribution is 2.43. The molecule has 2 saturated heterocycles. The minimum atomic E-state index is 0.338. The maximum Gasteiger partial charge on any atom is 0.293 e. The van der Waals surface area contributed by atoms with Gasteiger partial charge in [-0.3, -0.25) is 4.90 Å². The first-order valence-corrected chi connectivity index (χ1v) is 9.30. The number of hydrogen-bond acceptors (Lipinski definition) is 2. The average Bonchev–Trinajstić information content (AvgIpc) is 2.41. The number of allylic oxidation sites excluding steroid dienone is 1. The number of hydrogen-bond donors (Lipinski definition) is 0. The van der Waals surface area contributed by atoms with Gasteiger partial charge < -0.3 is 4.65 Å². The van der Waals surface area contributed by atoms with Crippen LogP contribution in [0.4, 0.5) is 0 Å². The standard InChI is InChI=1S/C19H34BNO/c1-18(2)7-6-8-19(3,4)21(18)14-17-10-15-9-16(11-17)13-20(12-15)22-5/h10,15-16H,6-9,11-14H2,1-5H3. The Balaban J connectivity index is 1.74. The molecule has 124 valence electrons. The molecule has 0 amide bonds. The molecule has 22 heavy (non-hydrogen) atoms. The second-order valence-electron chi connectivity index (χ2n) is 9.28. The second kappa shape index (κ2) is 5.98. The Hall–Kier alpha value is -0.275. The molecule has 3 aliphatic rings. The molecule has 0 aromatic carbocycles. The van der Waals surface area contributed by atoms with Gasteiger partial charge in [0.15, 0.2) is 0 Å². The van der Waals surface area contributed by atoms with Crippen LogP contribution >= 0.6 is 0 Å². The highest BCUT2D eigenvalue weighted by Gasteiger charge is 2.42. The summed E-state index contributed by atoms with van der Waals surface area (Å²) in [5.74, 6) is 1.63. The van der Waals surface area contributed by atoms with Gasteiger partial charge in [0.2, 0.25) is 0 Å². The van der Waals surface area contributed by atoms with Gasteiger partial charge in [-0.2, -0.15) is 0 Å². The van der Waals surface area contributed by atoms with Crippen molar-refractivity contribution in [2.45, 2.75) is 83.5 Å². The predicted octanol–water partition coefficient (Wildman–Crippen LogP) is 4.63. The number of fused-ring (bicyclic) bond motifs is 2. The van der Waals surface area contributed by atoms with Crippen LogP contribution in [0.5, 0.6) is 0 Å². The van der Waals surface area contributed by atoms with Crippen molar-refractivity contribution in [1.82, 2.24) is 4.90 Å². The van der Waals surface area contributed by atoms with Gasteiger partial charge in [-0.05, 0) is 84.3 Å². The maximum atomic E-state index is 5.64. The van der Waals surface area contributed by atoms with Crippen LogP contribution in [0.1, 0.15) is 59.8 Å². The molecular formula is C19H34BNO. The molecular weight excluding hydrogens is 269 g/mol. The molecule has 0 aromatic heterocycles. The molecule has 2 heterocycles. The lowest BCUT2D eigenvalue weighted by molar-refractivity contribution is -0.0198. The van der Waals surface area contributed by atoms with E-state index in [1.54, 1.807) is 5.57 Å². The number of nitrogens with zero attached hydrogens (tertiary/aromatic N) is 1. The van der Waals surface area contributed by atoms with Crippen molar-refractivity contribution in [1.29, 1.82) is 0 Å². The summed E-state index contributed by atoms with van der Waals surface area (Å²) in [5, 5.41) is 0. The van der Waals surface area contributed by atoms with Crippen LogP contribution in [0, 0.1) is 11.8 Å². The number of likely N-dealkylation sites (tertiary alicyclic amines) is 1. The van der Waals surface area contributed by atoms with Crippen molar-refractivity contribution in [3.05, 3.63) is 11.6 Å². The van der Waals surface area contributed by atoms with Gasteiger partial charge in [-0.1, -0.05) is 11.6 Å². The van der Waals surface area contributed by atoms with E-state index in [9.17, 15) is 0 Å². The normalized spacial score (nSPS) is 34.4. The molecule has 2 nitrogen and oxygen atoms in total. The van der Waals surface area contributed by atoms with Crippen LogP contribution in [-0.2, 0) is 4.65 Å². The Kier molecular flexibility index (Phi) is 4.51. The van der Waals surface area contributed by atoms with E-state index < -0.39 is 0 Å². The molecule has 2 fully saturated rings. The average molecular weight is 303 g/mol. The number of rotatable bonds is 3. The molecule has 0 radical (unpaired) electrons. The Bertz CT molecular complexity index is 427. The second-order valence-corrected chi connectivity index (χ2v) is 9.28. The summed E-state index contributed by atoms with van der Waals surface area (Å²) in [6.07, 6.45) is 11.9. The van der Waals surface area contributed by atoms with Crippen molar-refractivity contribution in [3.63, 3.8) is 0 Å². The summed E-state index contributed by atoms with van der Waals surface area (Å²) in [4.78, 5) is 2.80. The molecule has 3 heteroatoms. The Morgan fingerprint density at radius 1 is 1.18 bits per heavy atom. The van der Waals surface area contributed by atoms with Gasteiger partial charge in [-0.15, -0.1) is 0 Å². The first-order chi connectivity index (χ1) is 10.3. The zero-order valence-electron chi connectivity index (χ0n) is 15.3. The maximum absolute atomic E-state index is 5.64. The Morgan fingerprint density at radius 3 is 2.45 bits per heavy atom. The molecule has 0 N–H and O–H groups in total. The van der Waals surface area contributed by atoms with Gasteiger partial charge in [0.1, 0.15) is 0 Å². The van der Waals surface area contributed by atoms with E-state index in [-0.39, 0.29) is 0 Å². The molecule has 0 saturated carbocycles. The van der Waals surface area contributed by atoms with Crippen LogP contribution in [-0.4, -0.2) is 36.5 Å². The van der Waals surface area contributed by atoms with Crippen LogP contribution in [0.2, 0.25) is 12.6 Å². The minimum absolute atomic E-state index is 0.338. The van der Waals surface area contributed by atoms with Gasteiger partial charge in [0.25, 0.3) is 6.92 Å². The molecule has 3 rings (SSSR count). The van der Waals surface area contributed by atoms with Crippen LogP contribution in [0.15, 0.2) is 11.6 Å². The quantitative estimate of drug-likeness (QED) is 0.556. The fraction of sp³-hybridized carbons (Fsp3) is 0.895. The highest BCUT2D eigenvalue weighted by molar-refractivity contribution is 6.52. The largest absolute Gasteiger partial charge is 0.438 e. The predicted molar refractivity (Wildman–Crippen MR) is 95.4 cm³/mol. The summed E-state index contributed by atoms with van der Waals surface area (Å²) < 4.78 is 5.64. The van der Waals surface area contributed by atoms with Gasteiger partial charge >= 0.3 is 0 Å². The van der Waals surface area contributed by atoms with E-state index in [1.807, 2.05) is 7.11 Å². The van der Waals surface area contributed by atoms with Crippen molar-refractivity contribution in [2.24, 2.45) is 11.8 Å².